The van der Waals surface area contributed by atoms with Gasteiger partial charge in [0.25, 0.3) is 5.91 Å². The first kappa shape index (κ1) is 16.7. The normalized spacial score (nSPS) is 10.3. The fourth-order valence-electron chi connectivity index (χ4n) is 2.55. The molecule has 2 aromatic carbocycles. The molecule has 3 aromatic rings. The molecule has 0 bridgehead atoms. The number of anilines is 1. The molecular weight excluding hydrogens is 310 g/mol. The standard InChI is InChI=1S/C21H21N3O/c1-16-7-5-6-10-18(16)14-24-21(25)19-11-20(15-22-13-19)23-12-17-8-3-2-4-9-17/h2-11,13,15,23H,12,14H2,1H3,(H,24,25). The number of pyridine rings is 1. The third kappa shape index (κ3) is 4.67. The zero-order chi connectivity index (χ0) is 17.5. The van der Waals surface area contributed by atoms with Gasteiger partial charge in [0.15, 0.2) is 0 Å². The van der Waals surface area contributed by atoms with Crippen LogP contribution >= 0.6 is 0 Å². The second kappa shape index (κ2) is 8.11. The fraction of sp³-hybridized carbons (Fsp3) is 0.143. The van der Waals surface area contributed by atoms with Crippen LogP contribution in [-0.4, -0.2) is 10.9 Å². The van der Waals surface area contributed by atoms with Gasteiger partial charge in [0.1, 0.15) is 0 Å². The summed E-state index contributed by atoms with van der Waals surface area (Å²) in [4.78, 5) is 16.5. The molecule has 25 heavy (non-hydrogen) atoms. The Morgan fingerprint density at radius 1 is 0.960 bits per heavy atom. The molecule has 0 atom stereocenters. The van der Waals surface area contributed by atoms with Crippen LogP contribution in [0.25, 0.3) is 0 Å². The Morgan fingerprint density at radius 2 is 1.72 bits per heavy atom. The minimum Gasteiger partial charge on any atom is -0.380 e. The summed E-state index contributed by atoms with van der Waals surface area (Å²) in [5.74, 6) is -0.126. The van der Waals surface area contributed by atoms with E-state index in [4.69, 9.17) is 0 Å². The number of benzene rings is 2. The average Bonchev–Trinajstić information content (AvgIpc) is 2.66. The van der Waals surface area contributed by atoms with E-state index in [9.17, 15) is 4.79 Å². The first-order valence-corrected chi connectivity index (χ1v) is 8.28. The molecule has 0 spiro atoms. The van der Waals surface area contributed by atoms with Crippen LogP contribution in [0.5, 0.6) is 0 Å². The number of aryl methyl sites for hydroxylation is 1. The Labute approximate surface area is 147 Å². The monoisotopic (exact) mass is 331 g/mol. The molecule has 0 aliphatic heterocycles. The van der Waals surface area contributed by atoms with Crippen LogP contribution < -0.4 is 10.6 Å². The van der Waals surface area contributed by atoms with Crippen molar-refractivity contribution in [3.8, 4) is 0 Å². The van der Waals surface area contributed by atoms with E-state index in [1.807, 2.05) is 55.5 Å². The molecule has 3 rings (SSSR count). The summed E-state index contributed by atoms with van der Waals surface area (Å²) in [6, 6.07) is 20.0. The van der Waals surface area contributed by atoms with E-state index in [0.717, 1.165) is 11.3 Å². The highest BCUT2D eigenvalue weighted by Crippen LogP contribution is 2.11. The number of aromatic nitrogens is 1. The van der Waals surface area contributed by atoms with E-state index in [1.54, 1.807) is 12.4 Å². The van der Waals surface area contributed by atoms with Gasteiger partial charge in [0.2, 0.25) is 0 Å². The van der Waals surface area contributed by atoms with Gasteiger partial charge in [-0.3, -0.25) is 9.78 Å². The minimum absolute atomic E-state index is 0.126. The molecule has 0 saturated heterocycles. The number of carbonyl (C=O) groups excluding carboxylic acids is 1. The van der Waals surface area contributed by atoms with E-state index in [2.05, 4.69) is 27.8 Å². The molecule has 1 aromatic heterocycles. The summed E-state index contributed by atoms with van der Waals surface area (Å²) in [6.07, 6.45) is 3.31. The lowest BCUT2D eigenvalue weighted by molar-refractivity contribution is 0.0950. The summed E-state index contributed by atoms with van der Waals surface area (Å²) in [6.45, 7) is 3.24. The third-order valence-corrected chi connectivity index (χ3v) is 4.04. The molecule has 126 valence electrons. The second-order valence-corrected chi connectivity index (χ2v) is 5.91. The summed E-state index contributed by atoms with van der Waals surface area (Å²) >= 11 is 0. The lowest BCUT2D eigenvalue weighted by Gasteiger charge is -2.10. The van der Waals surface area contributed by atoms with Crippen LogP contribution in [0.2, 0.25) is 0 Å². The number of rotatable bonds is 6. The van der Waals surface area contributed by atoms with Gasteiger partial charge >= 0.3 is 0 Å². The van der Waals surface area contributed by atoms with Crippen LogP contribution in [0.3, 0.4) is 0 Å². The summed E-state index contributed by atoms with van der Waals surface area (Å²) in [7, 11) is 0. The zero-order valence-electron chi connectivity index (χ0n) is 14.2. The number of nitrogens with one attached hydrogen (secondary N) is 2. The van der Waals surface area contributed by atoms with Gasteiger partial charge in [-0.2, -0.15) is 0 Å². The van der Waals surface area contributed by atoms with Gasteiger partial charge in [-0.25, -0.2) is 0 Å². The lowest BCUT2D eigenvalue weighted by Crippen LogP contribution is -2.23. The van der Waals surface area contributed by atoms with Gasteiger partial charge in [-0.15, -0.1) is 0 Å². The van der Waals surface area contributed by atoms with Crippen molar-refractivity contribution in [3.63, 3.8) is 0 Å². The van der Waals surface area contributed by atoms with Gasteiger partial charge in [0, 0.05) is 25.5 Å². The van der Waals surface area contributed by atoms with Crippen molar-refractivity contribution in [2.45, 2.75) is 20.0 Å². The highest BCUT2D eigenvalue weighted by Gasteiger charge is 2.07. The van der Waals surface area contributed by atoms with E-state index < -0.39 is 0 Å². The molecule has 1 heterocycles. The van der Waals surface area contributed by atoms with Gasteiger partial charge < -0.3 is 10.6 Å². The predicted octanol–water partition coefficient (Wildman–Crippen LogP) is 3.93. The molecule has 0 aliphatic carbocycles. The molecule has 0 unspecified atom stereocenters. The number of nitrogens with zero attached hydrogens (tertiary/aromatic N) is 1. The van der Waals surface area contributed by atoms with E-state index in [-0.39, 0.29) is 5.91 Å². The topological polar surface area (TPSA) is 54.0 Å². The van der Waals surface area contributed by atoms with Crippen molar-refractivity contribution in [1.82, 2.24) is 10.3 Å². The average molecular weight is 331 g/mol. The highest BCUT2D eigenvalue weighted by molar-refractivity contribution is 5.94. The zero-order valence-corrected chi connectivity index (χ0v) is 14.2. The van der Waals surface area contributed by atoms with Crippen LogP contribution in [0, 0.1) is 6.92 Å². The Morgan fingerprint density at radius 3 is 2.52 bits per heavy atom. The molecule has 0 aliphatic rings. The predicted molar refractivity (Wildman–Crippen MR) is 100 cm³/mol. The van der Waals surface area contributed by atoms with Crippen molar-refractivity contribution in [2.24, 2.45) is 0 Å². The Kier molecular flexibility index (Phi) is 5.42. The summed E-state index contributed by atoms with van der Waals surface area (Å²) < 4.78 is 0. The van der Waals surface area contributed by atoms with E-state index >= 15 is 0 Å². The van der Waals surface area contributed by atoms with Gasteiger partial charge in [0.05, 0.1) is 11.3 Å². The van der Waals surface area contributed by atoms with Crippen LogP contribution in [0.1, 0.15) is 27.0 Å². The number of carbonyl (C=O) groups is 1. The molecule has 4 nitrogen and oxygen atoms in total. The maximum absolute atomic E-state index is 12.4. The molecule has 2 N–H and O–H groups in total. The van der Waals surface area contributed by atoms with Gasteiger partial charge in [-0.1, -0.05) is 54.6 Å². The molecule has 0 saturated carbocycles. The van der Waals surface area contributed by atoms with Crippen LogP contribution in [0.15, 0.2) is 73.1 Å². The van der Waals surface area contributed by atoms with Crippen LogP contribution in [-0.2, 0) is 13.1 Å². The van der Waals surface area contributed by atoms with E-state index in [1.165, 1.54) is 11.1 Å². The van der Waals surface area contributed by atoms with Gasteiger partial charge in [-0.05, 0) is 29.7 Å². The molecular formula is C21H21N3O. The molecule has 0 radical (unpaired) electrons. The smallest absolute Gasteiger partial charge is 0.253 e. The first-order valence-electron chi connectivity index (χ1n) is 8.28. The maximum Gasteiger partial charge on any atom is 0.253 e. The van der Waals surface area contributed by atoms with E-state index in [0.29, 0.717) is 18.7 Å². The molecule has 0 fully saturated rings. The van der Waals surface area contributed by atoms with Crippen molar-refractivity contribution in [2.75, 3.05) is 5.32 Å². The van der Waals surface area contributed by atoms with Crippen molar-refractivity contribution >= 4 is 11.6 Å². The Hall–Kier alpha value is -3.14. The Balaban J connectivity index is 1.60. The fourth-order valence-corrected chi connectivity index (χ4v) is 2.55. The Bertz CT molecular complexity index is 847. The minimum atomic E-state index is -0.126. The van der Waals surface area contributed by atoms with Crippen molar-refractivity contribution in [3.05, 3.63) is 95.3 Å². The molecule has 1 amide bonds. The largest absolute Gasteiger partial charge is 0.380 e. The maximum atomic E-state index is 12.4. The molecule has 4 heteroatoms. The number of hydrogen-bond donors (Lipinski definition) is 2. The highest BCUT2D eigenvalue weighted by atomic mass is 16.1. The SMILES string of the molecule is Cc1ccccc1CNC(=O)c1cncc(NCc2ccccc2)c1. The van der Waals surface area contributed by atoms with Crippen LogP contribution in [0.4, 0.5) is 5.69 Å². The first-order chi connectivity index (χ1) is 12.2. The lowest BCUT2D eigenvalue weighted by atomic mass is 10.1. The quantitative estimate of drug-likeness (QED) is 0.719. The van der Waals surface area contributed by atoms with Crippen molar-refractivity contribution < 1.29 is 4.79 Å². The summed E-state index contributed by atoms with van der Waals surface area (Å²) in [5.41, 5.74) is 4.83. The number of hydrogen-bond acceptors (Lipinski definition) is 3. The summed E-state index contributed by atoms with van der Waals surface area (Å²) in [5, 5.41) is 6.25. The second-order valence-electron chi connectivity index (χ2n) is 5.91. The third-order valence-electron chi connectivity index (χ3n) is 4.04. The van der Waals surface area contributed by atoms with Crippen molar-refractivity contribution in [1.29, 1.82) is 0 Å². The number of amides is 1.